The van der Waals surface area contributed by atoms with Crippen molar-refractivity contribution in [3.05, 3.63) is 55.6 Å². The number of hydrogen-bond donors (Lipinski definition) is 1. The van der Waals surface area contributed by atoms with Crippen LogP contribution in [0.25, 0.3) is 0 Å². The first-order valence-electron chi connectivity index (χ1n) is 4.85. The molecule has 0 aromatic carbocycles. The van der Waals surface area contributed by atoms with Crippen LogP contribution in [0.1, 0.15) is 11.3 Å². The van der Waals surface area contributed by atoms with Gasteiger partial charge in [0.15, 0.2) is 0 Å². The minimum Gasteiger partial charge on any atom is -0.297 e. The molecule has 6 nitrogen and oxygen atoms in total. The maximum atomic E-state index is 11.8. The summed E-state index contributed by atoms with van der Waals surface area (Å²) in [5, 5.41) is 7.55. The highest BCUT2D eigenvalue weighted by Crippen LogP contribution is 2.03. The maximum Gasteiger partial charge on any atom is 0.329 e. The summed E-state index contributed by atoms with van der Waals surface area (Å²) in [6.07, 6.45) is 1.52. The fourth-order valence-electron chi connectivity index (χ4n) is 1.37. The Bertz CT molecular complexity index is 648. The van der Waals surface area contributed by atoms with Crippen molar-refractivity contribution >= 4 is 11.6 Å². The van der Waals surface area contributed by atoms with E-state index in [-0.39, 0.29) is 11.7 Å². The molecule has 2 aromatic rings. The van der Waals surface area contributed by atoms with Gasteiger partial charge in [-0.15, -0.1) is 0 Å². The van der Waals surface area contributed by atoms with Gasteiger partial charge in [0.2, 0.25) is 0 Å². The van der Waals surface area contributed by atoms with E-state index in [9.17, 15) is 9.59 Å². The van der Waals surface area contributed by atoms with Gasteiger partial charge in [0, 0.05) is 11.8 Å². The molecular weight excluding hydrogens is 244 g/mol. The molecule has 0 aliphatic rings. The van der Waals surface area contributed by atoms with Gasteiger partial charge in [0.25, 0.3) is 5.56 Å². The number of halogens is 1. The van der Waals surface area contributed by atoms with Crippen LogP contribution >= 0.6 is 11.6 Å². The molecule has 0 saturated carbocycles. The van der Waals surface area contributed by atoms with Crippen LogP contribution in [-0.4, -0.2) is 19.7 Å². The summed E-state index contributed by atoms with van der Waals surface area (Å²) in [4.78, 5) is 25.8. The predicted octanol–water partition coefficient (Wildman–Crippen LogP) is 0.337. The fraction of sp³-hybridized carbons (Fsp3) is 0.200. The predicted molar refractivity (Wildman–Crippen MR) is 62.2 cm³/mol. The normalized spacial score (nSPS) is 10.5. The Morgan fingerprint density at radius 2 is 2.24 bits per heavy atom. The van der Waals surface area contributed by atoms with Crippen LogP contribution in [0.2, 0.25) is 5.15 Å². The first-order valence-corrected chi connectivity index (χ1v) is 5.23. The van der Waals surface area contributed by atoms with Gasteiger partial charge < -0.3 is 0 Å². The Hall–Kier alpha value is -1.95. The van der Waals surface area contributed by atoms with Gasteiger partial charge in [-0.1, -0.05) is 11.6 Å². The van der Waals surface area contributed by atoms with E-state index in [1.54, 1.807) is 19.1 Å². The molecule has 88 valence electrons. The monoisotopic (exact) mass is 252 g/mol. The first-order chi connectivity index (χ1) is 8.09. The standard InChI is InChI=1S/C10H9ClN4O2/c1-6-8(11)13-10(17)15(9(6)16)5-7-3-2-4-12-14-7/h2-4H,5H2,1H3,(H,13,17). The van der Waals surface area contributed by atoms with E-state index in [2.05, 4.69) is 15.2 Å². The summed E-state index contributed by atoms with van der Waals surface area (Å²) in [7, 11) is 0. The number of nitrogens with zero attached hydrogens (tertiary/aromatic N) is 3. The highest BCUT2D eigenvalue weighted by molar-refractivity contribution is 6.30. The van der Waals surface area contributed by atoms with Gasteiger partial charge in [-0.3, -0.25) is 14.3 Å². The minimum absolute atomic E-state index is 0.0652. The Morgan fingerprint density at radius 1 is 1.47 bits per heavy atom. The molecule has 2 heterocycles. The highest BCUT2D eigenvalue weighted by Gasteiger charge is 2.09. The minimum atomic E-state index is -0.559. The number of aromatic nitrogens is 4. The van der Waals surface area contributed by atoms with E-state index in [1.165, 1.54) is 6.20 Å². The van der Waals surface area contributed by atoms with Crippen molar-refractivity contribution in [1.29, 1.82) is 0 Å². The molecule has 7 heteroatoms. The van der Waals surface area contributed by atoms with Gasteiger partial charge in [-0.05, 0) is 19.1 Å². The maximum absolute atomic E-state index is 11.8. The average Bonchev–Trinajstić information content (AvgIpc) is 2.33. The number of hydrogen-bond acceptors (Lipinski definition) is 4. The first kappa shape index (κ1) is 11.5. The van der Waals surface area contributed by atoms with E-state index in [1.807, 2.05) is 0 Å². The lowest BCUT2D eigenvalue weighted by Crippen LogP contribution is -2.37. The van der Waals surface area contributed by atoms with Crippen LogP contribution in [0.3, 0.4) is 0 Å². The van der Waals surface area contributed by atoms with E-state index >= 15 is 0 Å². The zero-order chi connectivity index (χ0) is 12.4. The Morgan fingerprint density at radius 3 is 2.88 bits per heavy atom. The quantitative estimate of drug-likeness (QED) is 0.782. The lowest BCUT2D eigenvalue weighted by atomic mass is 10.3. The SMILES string of the molecule is Cc1c(Cl)[nH]c(=O)n(Cc2cccnn2)c1=O. The van der Waals surface area contributed by atoms with E-state index in [0.717, 1.165) is 4.57 Å². The molecule has 0 bridgehead atoms. The zero-order valence-corrected chi connectivity index (χ0v) is 9.73. The Balaban J connectivity index is 2.51. The van der Waals surface area contributed by atoms with Crippen LogP contribution in [0.4, 0.5) is 0 Å². The topological polar surface area (TPSA) is 80.6 Å². The summed E-state index contributed by atoms with van der Waals surface area (Å²) in [6.45, 7) is 1.62. The third-order valence-electron chi connectivity index (χ3n) is 2.30. The highest BCUT2D eigenvalue weighted by atomic mass is 35.5. The van der Waals surface area contributed by atoms with Crippen molar-refractivity contribution < 1.29 is 0 Å². The molecule has 0 unspecified atom stereocenters. The van der Waals surface area contributed by atoms with E-state index in [0.29, 0.717) is 11.3 Å². The third kappa shape index (κ3) is 2.26. The van der Waals surface area contributed by atoms with Crippen LogP contribution in [0, 0.1) is 6.92 Å². The summed E-state index contributed by atoms with van der Waals surface area (Å²) in [5.74, 6) is 0. The Labute approximate surface area is 101 Å². The van der Waals surface area contributed by atoms with Crippen molar-refractivity contribution in [3.63, 3.8) is 0 Å². The van der Waals surface area contributed by atoms with Gasteiger partial charge in [-0.2, -0.15) is 10.2 Å². The summed E-state index contributed by atoms with van der Waals surface area (Å²) >= 11 is 5.70. The molecule has 0 saturated heterocycles. The number of rotatable bonds is 2. The second-order valence-corrected chi connectivity index (χ2v) is 3.85. The zero-order valence-electron chi connectivity index (χ0n) is 8.98. The van der Waals surface area contributed by atoms with Crippen LogP contribution in [-0.2, 0) is 6.54 Å². The van der Waals surface area contributed by atoms with Gasteiger partial charge in [0.1, 0.15) is 5.15 Å². The van der Waals surface area contributed by atoms with Crippen molar-refractivity contribution in [1.82, 2.24) is 19.7 Å². The largest absolute Gasteiger partial charge is 0.329 e. The molecule has 0 amide bonds. The fourth-order valence-corrected chi connectivity index (χ4v) is 1.53. The molecule has 2 rings (SSSR count). The van der Waals surface area contributed by atoms with E-state index in [4.69, 9.17) is 11.6 Å². The van der Waals surface area contributed by atoms with Crippen molar-refractivity contribution in [2.24, 2.45) is 0 Å². The molecule has 17 heavy (non-hydrogen) atoms. The molecule has 2 aromatic heterocycles. The Kier molecular flexibility index (Phi) is 3.06. The molecule has 0 atom stereocenters. The second kappa shape index (κ2) is 4.50. The number of H-pyrrole nitrogens is 1. The van der Waals surface area contributed by atoms with Gasteiger partial charge >= 0.3 is 5.69 Å². The van der Waals surface area contributed by atoms with E-state index < -0.39 is 11.2 Å². The number of nitrogens with one attached hydrogen (secondary N) is 1. The third-order valence-corrected chi connectivity index (χ3v) is 2.68. The van der Waals surface area contributed by atoms with Crippen LogP contribution < -0.4 is 11.2 Å². The molecule has 0 radical (unpaired) electrons. The summed E-state index contributed by atoms with van der Waals surface area (Å²) in [5.41, 5.74) is -0.155. The smallest absolute Gasteiger partial charge is 0.297 e. The molecule has 0 spiro atoms. The summed E-state index contributed by atoms with van der Waals surface area (Å²) < 4.78 is 1.03. The van der Waals surface area contributed by atoms with Crippen molar-refractivity contribution in [2.45, 2.75) is 13.5 Å². The van der Waals surface area contributed by atoms with Gasteiger partial charge in [-0.25, -0.2) is 4.79 Å². The molecule has 0 aliphatic heterocycles. The molecular formula is C10H9ClN4O2. The second-order valence-electron chi connectivity index (χ2n) is 3.48. The average molecular weight is 253 g/mol. The molecule has 0 fully saturated rings. The number of aromatic amines is 1. The molecule has 0 aliphatic carbocycles. The molecule has 1 N–H and O–H groups in total. The van der Waals surface area contributed by atoms with Crippen molar-refractivity contribution in [3.8, 4) is 0 Å². The lowest BCUT2D eigenvalue weighted by molar-refractivity contribution is 0.669. The lowest BCUT2D eigenvalue weighted by Gasteiger charge is -2.05. The van der Waals surface area contributed by atoms with Crippen molar-refractivity contribution in [2.75, 3.05) is 0 Å². The van der Waals surface area contributed by atoms with Crippen LogP contribution in [0.15, 0.2) is 27.9 Å². The van der Waals surface area contributed by atoms with Crippen LogP contribution in [0.5, 0.6) is 0 Å². The summed E-state index contributed by atoms with van der Waals surface area (Å²) in [6, 6.07) is 3.37. The van der Waals surface area contributed by atoms with Gasteiger partial charge in [0.05, 0.1) is 12.2 Å².